The number of carbonyl (C=O) groups excluding carboxylic acids is 1. The summed E-state index contributed by atoms with van der Waals surface area (Å²) in [6.45, 7) is 0.463. The summed E-state index contributed by atoms with van der Waals surface area (Å²) < 4.78 is 27.7. The molecule has 7 heteroatoms. The average Bonchev–Trinajstić information content (AvgIpc) is 3.00. The first-order chi connectivity index (χ1) is 15.6. The minimum atomic E-state index is -3.99. The van der Waals surface area contributed by atoms with E-state index in [0.29, 0.717) is 17.7 Å². The number of benzene rings is 2. The van der Waals surface area contributed by atoms with Gasteiger partial charge in [-0.1, -0.05) is 66.7 Å². The van der Waals surface area contributed by atoms with Crippen molar-refractivity contribution in [2.75, 3.05) is 6.54 Å². The van der Waals surface area contributed by atoms with Crippen LogP contribution >= 0.6 is 0 Å². The van der Waals surface area contributed by atoms with Gasteiger partial charge in [0.05, 0.1) is 6.54 Å². The van der Waals surface area contributed by atoms with E-state index in [9.17, 15) is 13.2 Å². The zero-order valence-corrected chi connectivity index (χ0v) is 18.5. The Morgan fingerprint density at radius 1 is 0.844 bits per heavy atom. The van der Waals surface area contributed by atoms with Gasteiger partial charge in [-0.05, 0) is 42.0 Å². The summed E-state index contributed by atoms with van der Waals surface area (Å²) in [5.41, 5.74) is 2.56. The number of pyridine rings is 1. The van der Waals surface area contributed by atoms with E-state index in [1.807, 2.05) is 24.3 Å². The van der Waals surface area contributed by atoms with Crippen LogP contribution in [0.3, 0.4) is 0 Å². The molecule has 2 heterocycles. The maximum absolute atomic E-state index is 13.4. The number of unbranched alkanes of at least 4 members (excludes halogenated alkanes) is 1. The molecule has 4 rings (SSSR count). The Kier molecular flexibility index (Phi) is 6.66. The molecule has 32 heavy (non-hydrogen) atoms. The number of amides is 1. The second-order valence-corrected chi connectivity index (χ2v) is 9.42. The van der Waals surface area contributed by atoms with Crippen molar-refractivity contribution in [2.24, 2.45) is 0 Å². The van der Waals surface area contributed by atoms with Crippen LogP contribution in [0.1, 0.15) is 29.5 Å². The Bertz CT molecular complexity index is 1190. The van der Waals surface area contributed by atoms with E-state index >= 15 is 0 Å². The standard InChI is InChI=1S/C25H25N3O3S/c29-25-23(27-17-8-7-12-20-10-3-1-4-11-20)24(22-14-5-2-6-15-22)32(30,31)28(25)19-21-13-9-16-26-18-21/h1-6,9-11,13-16,18,27H,7-8,12,17,19H2. The van der Waals surface area contributed by atoms with Crippen LogP contribution in [0, 0.1) is 0 Å². The van der Waals surface area contributed by atoms with Crippen LogP contribution in [-0.4, -0.2) is 30.2 Å². The molecule has 1 aliphatic rings. The number of rotatable bonds is 9. The summed E-state index contributed by atoms with van der Waals surface area (Å²) in [6, 6.07) is 22.5. The summed E-state index contributed by atoms with van der Waals surface area (Å²) in [5.74, 6) is -0.532. The molecule has 6 nitrogen and oxygen atoms in total. The third kappa shape index (κ3) is 4.73. The molecule has 0 unspecified atom stereocenters. The minimum absolute atomic E-state index is 0.0371. The molecule has 1 amide bonds. The van der Waals surface area contributed by atoms with E-state index in [-0.39, 0.29) is 17.1 Å². The zero-order chi connectivity index (χ0) is 22.4. The van der Waals surface area contributed by atoms with Crippen molar-refractivity contribution < 1.29 is 13.2 Å². The molecule has 0 fully saturated rings. The molecule has 0 bridgehead atoms. The second kappa shape index (κ2) is 9.78. The van der Waals surface area contributed by atoms with Crippen molar-refractivity contribution in [2.45, 2.75) is 25.8 Å². The van der Waals surface area contributed by atoms with Crippen LogP contribution in [0.25, 0.3) is 4.91 Å². The summed E-state index contributed by atoms with van der Waals surface area (Å²) in [5, 5.41) is 3.13. The molecule has 164 valence electrons. The molecule has 1 aliphatic heterocycles. The number of nitrogens with zero attached hydrogens (tertiary/aromatic N) is 2. The lowest BCUT2D eigenvalue weighted by Crippen LogP contribution is -2.33. The van der Waals surface area contributed by atoms with E-state index < -0.39 is 15.9 Å². The predicted molar refractivity (Wildman–Crippen MR) is 124 cm³/mol. The first-order valence-electron chi connectivity index (χ1n) is 10.6. The number of aryl methyl sites for hydroxylation is 1. The monoisotopic (exact) mass is 447 g/mol. The highest BCUT2D eigenvalue weighted by Gasteiger charge is 2.44. The fourth-order valence-corrected chi connectivity index (χ4v) is 5.44. The maximum atomic E-state index is 13.4. The average molecular weight is 448 g/mol. The summed E-state index contributed by atoms with van der Waals surface area (Å²) in [6.07, 6.45) is 5.87. The smallest absolute Gasteiger partial charge is 0.285 e. The topological polar surface area (TPSA) is 79.4 Å². The zero-order valence-electron chi connectivity index (χ0n) is 17.6. The van der Waals surface area contributed by atoms with E-state index in [1.165, 1.54) is 5.56 Å². The number of carbonyl (C=O) groups is 1. The molecule has 1 N–H and O–H groups in total. The molecule has 0 radical (unpaired) electrons. The first kappa shape index (κ1) is 21.8. The number of hydrogen-bond acceptors (Lipinski definition) is 5. The largest absolute Gasteiger partial charge is 0.379 e. The van der Waals surface area contributed by atoms with Crippen LogP contribution < -0.4 is 5.32 Å². The number of nitrogens with one attached hydrogen (secondary N) is 1. The molecular weight excluding hydrogens is 422 g/mol. The molecule has 2 aromatic carbocycles. The first-order valence-corrected chi connectivity index (χ1v) is 12.0. The van der Waals surface area contributed by atoms with Crippen LogP contribution in [0.5, 0.6) is 0 Å². The van der Waals surface area contributed by atoms with Gasteiger partial charge < -0.3 is 5.32 Å². The Balaban J connectivity index is 1.53. The normalized spacial score (nSPS) is 15.2. The highest BCUT2D eigenvalue weighted by molar-refractivity contribution is 7.99. The molecule has 0 saturated carbocycles. The highest BCUT2D eigenvalue weighted by atomic mass is 32.2. The molecule has 0 saturated heterocycles. The van der Waals surface area contributed by atoms with Gasteiger partial charge in [-0.3, -0.25) is 9.78 Å². The van der Waals surface area contributed by atoms with Crippen molar-refractivity contribution >= 4 is 20.8 Å². The lowest BCUT2D eigenvalue weighted by Gasteiger charge is -2.16. The van der Waals surface area contributed by atoms with Crippen molar-refractivity contribution in [3.8, 4) is 0 Å². The van der Waals surface area contributed by atoms with Gasteiger partial charge in [0.1, 0.15) is 10.6 Å². The Morgan fingerprint density at radius 2 is 1.53 bits per heavy atom. The molecule has 1 aromatic heterocycles. The van der Waals surface area contributed by atoms with E-state index in [2.05, 4.69) is 22.4 Å². The van der Waals surface area contributed by atoms with E-state index in [4.69, 9.17) is 0 Å². The number of aromatic nitrogens is 1. The van der Waals surface area contributed by atoms with Crippen molar-refractivity contribution in [1.29, 1.82) is 0 Å². The van der Waals surface area contributed by atoms with E-state index in [1.54, 1.807) is 48.8 Å². The molecule has 0 spiro atoms. The molecule has 3 aromatic rings. The number of sulfonamides is 1. The minimum Gasteiger partial charge on any atom is -0.379 e. The lowest BCUT2D eigenvalue weighted by molar-refractivity contribution is -0.122. The third-order valence-electron chi connectivity index (χ3n) is 5.34. The SMILES string of the molecule is O=C1C(NCCCCc2ccccc2)=C(c2ccccc2)S(=O)(=O)N1Cc1cccnc1. The van der Waals surface area contributed by atoms with Crippen molar-refractivity contribution in [3.63, 3.8) is 0 Å². The quantitative estimate of drug-likeness (QED) is 0.506. The highest BCUT2D eigenvalue weighted by Crippen LogP contribution is 2.35. The van der Waals surface area contributed by atoms with Gasteiger partial charge in [0.2, 0.25) is 0 Å². The van der Waals surface area contributed by atoms with Crippen LogP contribution in [0.4, 0.5) is 0 Å². The van der Waals surface area contributed by atoms with Crippen LogP contribution in [0.2, 0.25) is 0 Å². The predicted octanol–water partition coefficient (Wildman–Crippen LogP) is 3.73. The Hall–Kier alpha value is -3.45. The van der Waals surface area contributed by atoms with E-state index in [0.717, 1.165) is 23.6 Å². The lowest BCUT2D eigenvalue weighted by atomic mass is 10.1. The Labute approximate surface area is 188 Å². The summed E-state index contributed by atoms with van der Waals surface area (Å²) in [4.78, 5) is 17.3. The third-order valence-corrected chi connectivity index (χ3v) is 7.17. The van der Waals surface area contributed by atoms with Crippen molar-refractivity contribution in [1.82, 2.24) is 14.6 Å². The molecule has 0 atom stereocenters. The molecule has 0 aliphatic carbocycles. The maximum Gasteiger partial charge on any atom is 0.285 e. The van der Waals surface area contributed by atoms with Gasteiger partial charge in [0.25, 0.3) is 15.9 Å². The van der Waals surface area contributed by atoms with Crippen molar-refractivity contribution in [3.05, 3.63) is 108 Å². The summed E-state index contributed by atoms with van der Waals surface area (Å²) >= 11 is 0. The Morgan fingerprint density at radius 3 is 2.22 bits per heavy atom. The van der Waals surface area contributed by atoms with Crippen LogP contribution in [-0.2, 0) is 27.8 Å². The van der Waals surface area contributed by atoms with Gasteiger partial charge >= 0.3 is 0 Å². The number of hydrogen-bond donors (Lipinski definition) is 1. The fourth-order valence-electron chi connectivity index (χ4n) is 3.74. The van der Waals surface area contributed by atoms with Gasteiger partial charge in [-0.15, -0.1) is 0 Å². The van der Waals surface area contributed by atoms with Gasteiger partial charge in [0.15, 0.2) is 0 Å². The fraction of sp³-hybridized carbons (Fsp3) is 0.200. The van der Waals surface area contributed by atoms with Gasteiger partial charge in [0, 0.05) is 18.9 Å². The summed E-state index contributed by atoms with van der Waals surface area (Å²) in [7, 11) is -3.99. The second-order valence-electron chi connectivity index (χ2n) is 7.62. The molecular formula is C25H25N3O3S. The van der Waals surface area contributed by atoms with Gasteiger partial charge in [-0.2, -0.15) is 0 Å². The van der Waals surface area contributed by atoms with Crippen LogP contribution in [0.15, 0.2) is 90.9 Å². The van der Waals surface area contributed by atoms with Gasteiger partial charge in [-0.25, -0.2) is 12.7 Å².